The van der Waals surface area contributed by atoms with E-state index in [0.717, 1.165) is 5.56 Å². The molecular formula is C13H14ClNO2. The van der Waals surface area contributed by atoms with E-state index in [9.17, 15) is 9.59 Å². The fourth-order valence-corrected chi connectivity index (χ4v) is 2.28. The number of Topliss-reactive ketones (excluding diaryl/α,β-unsaturated/α-hetero) is 1. The Bertz CT molecular complexity index is 458. The lowest BCUT2D eigenvalue weighted by atomic mass is 10.0. The molecule has 1 saturated heterocycles. The highest BCUT2D eigenvalue weighted by atomic mass is 35.5. The van der Waals surface area contributed by atoms with Crippen LogP contribution in [-0.4, -0.2) is 23.1 Å². The van der Waals surface area contributed by atoms with Gasteiger partial charge in [0, 0.05) is 18.0 Å². The predicted octanol–water partition coefficient (Wildman–Crippen LogP) is 2.59. The number of likely N-dealkylation sites (tertiary alicyclic amines) is 1. The molecule has 0 bridgehead atoms. The summed E-state index contributed by atoms with van der Waals surface area (Å²) in [5.74, 6) is -0.0572. The number of carbonyl (C=O) groups excluding carboxylic acids is 2. The molecule has 0 spiro atoms. The summed E-state index contributed by atoms with van der Waals surface area (Å²) in [6.45, 7) is 2.46. The molecule has 0 N–H and O–H groups in total. The van der Waals surface area contributed by atoms with Gasteiger partial charge in [-0.3, -0.25) is 9.59 Å². The van der Waals surface area contributed by atoms with Crippen LogP contribution in [0.15, 0.2) is 24.3 Å². The van der Waals surface area contributed by atoms with E-state index >= 15 is 0 Å². The van der Waals surface area contributed by atoms with E-state index < -0.39 is 0 Å². The first-order valence-corrected chi connectivity index (χ1v) is 6.02. The standard InChI is InChI=1S/C13H14ClNO2/c1-9(10-3-2-4-11(14)7-10)15-6-5-12(16)8-13(15)17/h2-4,7,9H,5-6,8H2,1H3. The molecule has 1 heterocycles. The molecule has 4 heteroatoms. The highest BCUT2D eigenvalue weighted by Crippen LogP contribution is 2.25. The van der Waals surface area contributed by atoms with Gasteiger partial charge in [0.1, 0.15) is 5.78 Å². The first kappa shape index (κ1) is 12.1. The molecule has 90 valence electrons. The largest absolute Gasteiger partial charge is 0.335 e. The van der Waals surface area contributed by atoms with Crippen molar-refractivity contribution in [3.8, 4) is 0 Å². The van der Waals surface area contributed by atoms with Gasteiger partial charge in [-0.25, -0.2) is 0 Å². The number of amides is 1. The number of nitrogens with zero attached hydrogens (tertiary/aromatic N) is 1. The molecule has 1 amide bonds. The summed E-state index contributed by atoms with van der Waals surface area (Å²) in [7, 11) is 0. The smallest absolute Gasteiger partial charge is 0.230 e. The van der Waals surface area contributed by atoms with Crippen LogP contribution in [0.1, 0.15) is 31.4 Å². The van der Waals surface area contributed by atoms with Crippen molar-refractivity contribution in [2.75, 3.05) is 6.54 Å². The third kappa shape index (κ3) is 2.67. The lowest BCUT2D eigenvalue weighted by Gasteiger charge is -2.32. The molecule has 1 aromatic carbocycles. The highest BCUT2D eigenvalue weighted by Gasteiger charge is 2.27. The molecule has 1 aliphatic heterocycles. The number of hydrogen-bond acceptors (Lipinski definition) is 2. The van der Waals surface area contributed by atoms with Crippen molar-refractivity contribution in [3.05, 3.63) is 34.9 Å². The van der Waals surface area contributed by atoms with Gasteiger partial charge in [0.2, 0.25) is 5.91 Å². The Morgan fingerprint density at radius 2 is 2.12 bits per heavy atom. The SMILES string of the molecule is CC(c1cccc(Cl)c1)N1CCC(=O)CC1=O. The monoisotopic (exact) mass is 251 g/mol. The summed E-state index contributed by atoms with van der Waals surface area (Å²) in [5, 5.41) is 0.662. The number of piperidine rings is 1. The van der Waals surface area contributed by atoms with Crippen molar-refractivity contribution >= 4 is 23.3 Å². The summed E-state index contributed by atoms with van der Waals surface area (Å²) in [6, 6.07) is 7.44. The van der Waals surface area contributed by atoms with Crippen molar-refractivity contribution in [3.63, 3.8) is 0 Å². The average molecular weight is 252 g/mol. The molecule has 1 unspecified atom stereocenters. The summed E-state index contributed by atoms with van der Waals surface area (Å²) >= 11 is 5.93. The van der Waals surface area contributed by atoms with Crippen LogP contribution in [0.5, 0.6) is 0 Å². The molecule has 0 aromatic heterocycles. The van der Waals surface area contributed by atoms with Crippen molar-refractivity contribution in [1.29, 1.82) is 0 Å². The topological polar surface area (TPSA) is 37.4 Å². The Hall–Kier alpha value is -1.35. The second-order valence-electron chi connectivity index (χ2n) is 4.28. The quantitative estimate of drug-likeness (QED) is 0.758. The fraction of sp³-hybridized carbons (Fsp3) is 0.385. The van der Waals surface area contributed by atoms with Crippen LogP contribution < -0.4 is 0 Å². The zero-order valence-corrected chi connectivity index (χ0v) is 10.4. The van der Waals surface area contributed by atoms with Gasteiger partial charge in [0.15, 0.2) is 0 Å². The Kier molecular flexibility index (Phi) is 3.48. The number of ketones is 1. The first-order valence-electron chi connectivity index (χ1n) is 5.64. The van der Waals surface area contributed by atoms with Gasteiger partial charge >= 0.3 is 0 Å². The number of carbonyl (C=O) groups is 2. The van der Waals surface area contributed by atoms with E-state index in [-0.39, 0.29) is 24.2 Å². The number of halogens is 1. The highest BCUT2D eigenvalue weighted by molar-refractivity contribution is 6.30. The average Bonchev–Trinajstić information content (AvgIpc) is 2.28. The van der Waals surface area contributed by atoms with E-state index in [1.807, 2.05) is 25.1 Å². The van der Waals surface area contributed by atoms with Crippen molar-refractivity contribution in [1.82, 2.24) is 4.90 Å². The number of hydrogen-bond donors (Lipinski definition) is 0. The molecule has 0 radical (unpaired) electrons. The van der Waals surface area contributed by atoms with E-state index in [1.54, 1.807) is 11.0 Å². The summed E-state index contributed by atoms with van der Waals surface area (Å²) < 4.78 is 0. The van der Waals surface area contributed by atoms with Gasteiger partial charge < -0.3 is 4.90 Å². The van der Waals surface area contributed by atoms with Crippen molar-refractivity contribution in [2.24, 2.45) is 0 Å². The van der Waals surface area contributed by atoms with Crippen molar-refractivity contribution in [2.45, 2.75) is 25.8 Å². The van der Waals surface area contributed by atoms with E-state index in [4.69, 9.17) is 11.6 Å². The molecule has 3 nitrogen and oxygen atoms in total. The summed E-state index contributed by atoms with van der Waals surface area (Å²) in [6.07, 6.45) is 0.488. The predicted molar refractivity (Wildman–Crippen MR) is 65.8 cm³/mol. The molecule has 0 saturated carbocycles. The molecule has 17 heavy (non-hydrogen) atoms. The minimum Gasteiger partial charge on any atom is -0.335 e. The van der Waals surface area contributed by atoms with Gasteiger partial charge in [-0.1, -0.05) is 23.7 Å². The molecule has 2 rings (SSSR count). The summed E-state index contributed by atoms with van der Waals surface area (Å²) in [4.78, 5) is 24.7. The van der Waals surface area contributed by atoms with Crippen LogP contribution in [0.25, 0.3) is 0 Å². The Morgan fingerprint density at radius 3 is 2.76 bits per heavy atom. The molecular weight excluding hydrogens is 238 g/mol. The Balaban J connectivity index is 2.17. The molecule has 1 fully saturated rings. The van der Waals surface area contributed by atoms with Crippen LogP contribution >= 0.6 is 11.6 Å². The Labute approximate surface area is 105 Å². The number of benzene rings is 1. The van der Waals surface area contributed by atoms with Crippen LogP contribution in [-0.2, 0) is 9.59 Å². The lowest BCUT2D eigenvalue weighted by molar-refractivity contribution is -0.141. The lowest BCUT2D eigenvalue weighted by Crippen LogP contribution is -2.40. The van der Waals surface area contributed by atoms with Gasteiger partial charge in [-0.2, -0.15) is 0 Å². The molecule has 0 aliphatic carbocycles. The van der Waals surface area contributed by atoms with Crippen molar-refractivity contribution < 1.29 is 9.59 Å². The maximum atomic E-state index is 11.8. The van der Waals surface area contributed by atoms with E-state index in [0.29, 0.717) is 18.0 Å². The van der Waals surface area contributed by atoms with Gasteiger partial charge in [-0.05, 0) is 24.6 Å². The number of rotatable bonds is 2. The van der Waals surface area contributed by atoms with Crippen LogP contribution in [0.4, 0.5) is 0 Å². The normalized spacial score (nSPS) is 18.4. The Morgan fingerprint density at radius 1 is 1.35 bits per heavy atom. The minimum atomic E-state index is -0.0891. The summed E-state index contributed by atoms with van der Waals surface area (Å²) in [5.41, 5.74) is 1.00. The second kappa shape index (κ2) is 4.88. The third-order valence-corrected chi connectivity index (χ3v) is 3.33. The van der Waals surface area contributed by atoms with Gasteiger partial charge in [0.25, 0.3) is 0 Å². The third-order valence-electron chi connectivity index (χ3n) is 3.10. The van der Waals surface area contributed by atoms with Crippen LogP contribution in [0, 0.1) is 0 Å². The zero-order valence-electron chi connectivity index (χ0n) is 9.65. The molecule has 1 aromatic rings. The maximum Gasteiger partial charge on any atom is 0.230 e. The van der Waals surface area contributed by atoms with Gasteiger partial charge in [-0.15, -0.1) is 0 Å². The fourth-order valence-electron chi connectivity index (χ4n) is 2.08. The molecule has 1 atom stereocenters. The van der Waals surface area contributed by atoms with Crippen LogP contribution in [0.3, 0.4) is 0 Å². The second-order valence-corrected chi connectivity index (χ2v) is 4.72. The maximum absolute atomic E-state index is 11.8. The van der Waals surface area contributed by atoms with Crippen LogP contribution in [0.2, 0.25) is 5.02 Å². The zero-order chi connectivity index (χ0) is 12.4. The first-order chi connectivity index (χ1) is 8.08. The van der Waals surface area contributed by atoms with E-state index in [2.05, 4.69) is 0 Å². The minimum absolute atomic E-state index is 0.0320. The van der Waals surface area contributed by atoms with Gasteiger partial charge in [0.05, 0.1) is 12.5 Å². The van der Waals surface area contributed by atoms with E-state index in [1.165, 1.54) is 0 Å². The molecule has 1 aliphatic rings.